The molecule has 2 spiro atoms. The number of alkyl carbamates (subject to hydrolysis) is 1. The standard InChI is InChI=1S/C37H60F3NO8S/c1-9-47-29(32(5,6)44)22-19-21(2)26-27(48-22)28(42)34(8)24-12-11-23-31(3,4)25(13-14-35(23)20-36(24,35)16-15-33(26,34)7)49-30(43)41-17-10-18-50(45,46)37(38,39)40/h21-29,42,44H,9-20H2,1-8H3,(H,41,43)/t21-,22-,23+,24+,25+,26+,27+,28+,29+,33-,34-,35-,36+/m1/s1. The van der Waals surface area contributed by atoms with Crippen LogP contribution in [0.3, 0.4) is 0 Å². The highest BCUT2D eigenvalue weighted by Crippen LogP contribution is 2.89. The van der Waals surface area contributed by atoms with Gasteiger partial charge in [-0.3, -0.25) is 0 Å². The van der Waals surface area contributed by atoms with E-state index in [1.807, 2.05) is 6.92 Å². The highest BCUT2D eigenvalue weighted by atomic mass is 32.2. The summed E-state index contributed by atoms with van der Waals surface area (Å²) in [5.74, 6) is 0.0211. The van der Waals surface area contributed by atoms with Crippen LogP contribution in [0.15, 0.2) is 0 Å². The Kier molecular flexibility index (Phi) is 9.40. The minimum Gasteiger partial charge on any atom is -0.446 e. The minimum atomic E-state index is -5.31. The van der Waals surface area contributed by atoms with Crippen molar-refractivity contribution in [3.05, 3.63) is 0 Å². The molecule has 1 aliphatic heterocycles. The van der Waals surface area contributed by atoms with Crippen molar-refractivity contribution in [1.29, 1.82) is 0 Å². The molecule has 0 aromatic rings. The molecular weight excluding hydrogens is 675 g/mol. The van der Waals surface area contributed by atoms with Crippen molar-refractivity contribution in [3.63, 3.8) is 0 Å². The van der Waals surface area contributed by atoms with Crippen LogP contribution < -0.4 is 5.32 Å². The summed E-state index contributed by atoms with van der Waals surface area (Å²) < 4.78 is 79.5. The smallest absolute Gasteiger partial charge is 0.446 e. The number of aliphatic hydroxyl groups excluding tert-OH is 1. The van der Waals surface area contributed by atoms with Crippen molar-refractivity contribution in [3.8, 4) is 0 Å². The Morgan fingerprint density at radius 2 is 1.68 bits per heavy atom. The van der Waals surface area contributed by atoms with Gasteiger partial charge in [0.15, 0.2) is 0 Å². The second-order valence-electron chi connectivity index (χ2n) is 18.5. The topological polar surface area (TPSA) is 131 Å². The van der Waals surface area contributed by atoms with Crippen LogP contribution in [0.5, 0.6) is 0 Å². The van der Waals surface area contributed by atoms with E-state index >= 15 is 0 Å². The second kappa shape index (κ2) is 12.2. The number of hydrogen-bond acceptors (Lipinski definition) is 8. The molecule has 3 N–H and O–H groups in total. The van der Waals surface area contributed by atoms with Crippen molar-refractivity contribution in [2.24, 2.45) is 50.7 Å². The molecule has 5 saturated carbocycles. The van der Waals surface area contributed by atoms with Crippen molar-refractivity contribution < 1.29 is 50.8 Å². The van der Waals surface area contributed by atoms with E-state index in [-0.39, 0.29) is 70.2 Å². The normalized spacial score (nSPS) is 45.6. The number of carbonyl (C=O) groups excluding carboxylic acids is 1. The molecule has 0 unspecified atom stereocenters. The average Bonchev–Trinajstić information content (AvgIpc) is 3.63. The van der Waals surface area contributed by atoms with E-state index in [0.717, 1.165) is 44.9 Å². The van der Waals surface area contributed by atoms with E-state index < -0.39 is 45.0 Å². The van der Waals surface area contributed by atoms with Gasteiger partial charge in [0.1, 0.15) is 12.2 Å². The quantitative estimate of drug-likeness (QED) is 0.232. The first kappa shape index (κ1) is 38.6. The highest BCUT2D eigenvalue weighted by Gasteiger charge is 2.84. The summed E-state index contributed by atoms with van der Waals surface area (Å²) in [7, 11) is -5.24. The zero-order valence-corrected chi connectivity index (χ0v) is 31.9. The molecule has 6 rings (SSSR count). The molecule has 0 radical (unpaired) electrons. The van der Waals surface area contributed by atoms with Gasteiger partial charge in [0.25, 0.3) is 0 Å². The number of aliphatic hydroxyl groups is 2. The number of amides is 1. The minimum absolute atomic E-state index is 0.0928. The van der Waals surface area contributed by atoms with Gasteiger partial charge in [0, 0.05) is 24.0 Å². The maximum atomic E-state index is 12.8. The maximum Gasteiger partial charge on any atom is 0.497 e. The Morgan fingerprint density at radius 1 is 1.04 bits per heavy atom. The van der Waals surface area contributed by atoms with Crippen LogP contribution in [0.2, 0.25) is 0 Å². The average molecular weight is 736 g/mol. The van der Waals surface area contributed by atoms with Crippen LogP contribution in [0.1, 0.15) is 113 Å². The third-order valence-corrected chi connectivity index (χ3v) is 17.1. The first-order valence-electron chi connectivity index (χ1n) is 18.9. The van der Waals surface area contributed by atoms with Crippen LogP contribution in [0, 0.1) is 50.7 Å². The molecule has 6 fully saturated rings. The van der Waals surface area contributed by atoms with Gasteiger partial charge in [-0.2, -0.15) is 13.2 Å². The number of hydrogen-bond donors (Lipinski definition) is 3. The largest absolute Gasteiger partial charge is 0.497 e. The molecule has 50 heavy (non-hydrogen) atoms. The lowest BCUT2D eigenvalue weighted by molar-refractivity contribution is -0.215. The Balaban J connectivity index is 1.16. The van der Waals surface area contributed by atoms with Crippen molar-refractivity contribution >= 4 is 15.9 Å². The Labute approximate surface area is 296 Å². The van der Waals surface area contributed by atoms with E-state index in [1.54, 1.807) is 13.8 Å². The molecule has 0 bridgehead atoms. The monoisotopic (exact) mass is 735 g/mol. The van der Waals surface area contributed by atoms with Crippen molar-refractivity contribution in [2.45, 2.75) is 155 Å². The summed E-state index contributed by atoms with van der Waals surface area (Å²) >= 11 is 0. The second-order valence-corrected chi connectivity index (χ2v) is 20.6. The van der Waals surface area contributed by atoms with E-state index in [1.165, 1.54) is 0 Å². The van der Waals surface area contributed by atoms with E-state index in [2.05, 4.69) is 39.9 Å². The zero-order chi connectivity index (χ0) is 37.1. The summed E-state index contributed by atoms with van der Waals surface area (Å²) in [5.41, 5.74) is -7.02. The molecular formula is C37H60F3NO8S. The molecule has 13 atom stereocenters. The molecule has 13 heteroatoms. The number of alkyl halides is 3. The molecule has 288 valence electrons. The number of carbonyl (C=O) groups is 1. The third kappa shape index (κ3) is 5.42. The van der Waals surface area contributed by atoms with Crippen molar-refractivity contribution in [2.75, 3.05) is 18.9 Å². The SMILES string of the molecule is CCO[C@@H]([C@H]1C[C@@H](C)[C@H]2[C@H](O1)[C@H](O)[C@@]1(C)[C@@H]3CC[C@H]4C(C)(C)[C@@H](OC(=O)NCCCS(=O)(=O)C(F)(F)F)CC[C@@]45C[C@@]35CC[C@]21C)C(C)(C)O. The number of rotatable bonds is 9. The lowest BCUT2D eigenvalue weighted by Gasteiger charge is -2.63. The summed E-state index contributed by atoms with van der Waals surface area (Å²) in [6, 6.07) is 0. The summed E-state index contributed by atoms with van der Waals surface area (Å²) in [6.45, 7) is 17.0. The molecule has 1 heterocycles. The number of halogens is 3. The van der Waals surface area contributed by atoms with Gasteiger partial charge < -0.3 is 29.7 Å². The summed E-state index contributed by atoms with van der Waals surface area (Å²) in [4.78, 5) is 12.8. The number of ether oxygens (including phenoxy) is 3. The van der Waals surface area contributed by atoms with Gasteiger partial charge in [0.05, 0.1) is 29.7 Å². The third-order valence-electron chi connectivity index (χ3n) is 15.6. The lowest BCUT2D eigenvalue weighted by atomic mass is 9.41. The first-order valence-corrected chi connectivity index (χ1v) is 20.5. The van der Waals surface area contributed by atoms with E-state index in [4.69, 9.17) is 14.2 Å². The maximum absolute atomic E-state index is 12.8. The fourth-order valence-electron chi connectivity index (χ4n) is 13.4. The summed E-state index contributed by atoms with van der Waals surface area (Å²) in [5, 5.41) is 26.0. The number of fused-ring (bicyclic) bond motifs is 4. The highest BCUT2D eigenvalue weighted by molar-refractivity contribution is 7.92. The van der Waals surface area contributed by atoms with Crippen LogP contribution in [0.4, 0.5) is 18.0 Å². The van der Waals surface area contributed by atoms with Crippen LogP contribution in [0.25, 0.3) is 0 Å². The van der Waals surface area contributed by atoms with E-state index in [9.17, 15) is 36.6 Å². The Bertz CT molecular complexity index is 1430. The fraction of sp³-hybridized carbons (Fsp3) is 0.973. The van der Waals surface area contributed by atoms with Gasteiger partial charge in [-0.25, -0.2) is 13.2 Å². The van der Waals surface area contributed by atoms with Crippen LogP contribution >= 0.6 is 0 Å². The predicted molar refractivity (Wildman–Crippen MR) is 181 cm³/mol. The first-order chi connectivity index (χ1) is 22.9. The molecule has 0 aromatic carbocycles. The van der Waals surface area contributed by atoms with Gasteiger partial charge in [0.2, 0.25) is 9.84 Å². The van der Waals surface area contributed by atoms with Crippen molar-refractivity contribution in [1.82, 2.24) is 5.32 Å². The summed E-state index contributed by atoms with van der Waals surface area (Å²) in [6.07, 6.45) is 4.22. The number of nitrogens with one attached hydrogen (secondary N) is 1. The van der Waals surface area contributed by atoms with E-state index in [0.29, 0.717) is 24.9 Å². The van der Waals surface area contributed by atoms with Crippen LogP contribution in [-0.2, 0) is 24.0 Å². The molecule has 0 aromatic heterocycles. The predicted octanol–water partition coefficient (Wildman–Crippen LogP) is 6.40. The Morgan fingerprint density at radius 3 is 2.30 bits per heavy atom. The zero-order valence-electron chi connectivity index (χ0n) is 31.1. The fourth-order valence-corrected chi connectivity index (χ4v) is 14.2. The van der Waals surface area contributed by atoms with Crippen LogP contribution in [-0.4, -0.2) is 85.3 Å². The van der Waals surface area contributed by atoms with Gasteiger partial charge >= 0.3 is 11.6 Å². The van der Waals surface area contributed by atoms with Gasteiger partial charge in [-0.1, -0.05) is 34.6 Å². The molecule has 5 aliphatic carbocycles. The molecule has 1 amide bonds. The molecule has 9 nitrogen and oxygen atoms in total. The lowest BCUT2D eigenvalue weighted by Crippen LogP contribution is -2.60. The molecule has 6 aliphatic rings. The Hall–Kier alpha value is -1.15. The van der Waals surface area contributed by atoms with Gasteiger partial charge in [-0.05, 0) is 118 Å². The number of sulfone groups is 1. The molecule has 1 saturated heterocycles. The van der Waals surface area contributed by atoms with Gasteiger partial charge in [-0.15, -0.1) is 0 Å².